The van der Waals surface area contributed by atoms with Gasteiger partial charge in [-0.3, -0.25) is 9.59 Å². The van der Waals surface area contributed by atoms with Gasteiger partial charge in [0.25, 0.3) is 11.5 Å². The van der Waals surface area contributed by atoms with Crippen LogP contribution in [0, 0.1) is 0 Å². The van der Waals surface area contributed by atoms with Gasteiger partial charge in [-0.25, -0.2) is 3.96 Å². The average molecular weight is 340 g/mol. The molecule has 1 saturated heterocycles. The van der Waals surface area contributed by atoms with E-state index in [2.05, 4.69) is 0 Å². The third kappa shape index (κ3) is 2.64. The molecule has 1 fully saturated rings. The zero-order chi connectivity index (χ0) is 16.5. The molecule has 4 rings (SSSR count). The van der Waals surface area contributed by atoms with Crippen molar-refractivity contribution < 1.29 is 9.53 Å². The Kier molecular flexibility index (Phi) is 3.92. The number of amides is 1. The van der Waals surface area contributed by atoms with Crippen LogP contribution in [0.1, 0.15) is 10.4 Å². The van der Waals surface area contributed by atoms with Crippen molar-refractivity contribution in [2.45, 2.75) is 0 Å². The molecule has 1 amide bonds. The summed E-state index contributed by atoms with van der Waals surface area (Å²) >= 11 is 1.41. The lowest BCUT2D eigenvalue weighted by molar-refractivity contribution is 0.0303. The van der Waals surface area contributed by atoms with Gasteiger partial charge < -0.3 is 9.64 Å². The summed E-state index contributed by atoms with van der Waals surface area (Å²) in [5.41, 5.74) is 1.39. The van der Waals surface area contributed by atoms with Crippen LogP contribution in [0.2, 0.25) is 0 Å². The fourth-order valence-corrected chi connectivity index (χ4v) is 3.83. The number of aromatic nitrogens is 1. The van der Waals surface area contributed by atoms with Gasteiger partial charge in [-0.15, -0.1) is 0 Å². The van der Waals surface area contributed by atoms with Crippen molar-refractivity contribution in [2.24, 2.45) is 0 Å². The van der Waals surface area contributed by atoms with Crippen molar-refractivity contribution in [1.82, 2.24) is 8.86 Å². The number of rotatable bonds is 2. The fourth-order valence-electron chi connectivity index (χ4n) is 2.83. The van der Waals surface area contributed by atoms with Crippen molar-refractivity contribution in [2.75, 3.05) is 26.3 Å². The molecule has 0 bridgehead atoms. The molecule has 0 atom stereocenters. The highest BCUT2D eigenvalue weighted by Crippen LogP contribution is 2.20. The molecule has 1 aliphatic heterocycles. The van der Waals surface area contributed by atoms with Crippen LogP contribution in [0.15, 0.2) is 53.3 Å². The number of fused-ring (bicyclic) bond motifs is 1. The maximum absolute atomic E-state index is 12.5. The summed E-state index contributed by atoms with van der Waals surface area (Å²) in [4.78, 5) is 26.7. The molecule has 3 aromatic rings. The number of morpholine rings is 1. The highest BCUT2D eigenvalue weighted by molar-refractivity contribution is 7.14. The molecule has 0 saturated carbocycles. The molecule has 0 spiro atoms. The molecule has 0 unspecified atom stereocenters. The molecule has 2 aromatic carbocycles. The SMILES string of the molecule is O=C(c1ccc(-n2sc3ccccc3c2=O)cc1)N1CCOCC1. The minimum absolute atomic E-state index is 0.00791. The Morgan fingerprint density at radius 1 is 1.00 bits per heavy atom. The molecule has 24 heavy (non-hydrogen) atoms. The molecule has 2 heterocycles. The van der Waals surface area contributed by atoms with Crippen molar-refractivity contribution in [3.05, 3.63) is 64.4 Å². The van der Waals surface area contributed by atoms with E-state index < -0.39 is 0 Å². The number of benzene rings is 2. The molecule has 0 aliphatic carbocycles. The number of hydrogen-bond donors (Lipinski definition) is 0. The molecule has 1 aliphatic rings. The Labute approximate surface area is 142 Å². The van der Waals surface area contributed by atoms with E-state index >= 15 is 0 Å². The molecule has 6 heteroatoms. The minimum Gasteiger partial charge on any atom is -0.378 e. The predicted molar refractivity (Wildman–Crippen MR) is 94.1 cm³/mol. The number of carbonyl (C=O) groups is 1. The quantitative estimate of drug-likeness (QED) is 0.720. The second-order valence-electron chi connectivity index (χ2n) is 5.64. The van der Waals surface area contributed by atoms with E-state index in [1.165, 1.54) is 11.5 Å². The standard InChI is InChI=1S/C18H16N2O3S/c21-17(19-9-11-23-12-10-19)13-5-7-14(8-6-13)20-18(22)15-3-1-2-4-16(15)24-20/h1-8H,9-12H2. The normalized spacial score (nSPS) is 14.9. The van der Waals surface area contributed by atoms with E-state index in [-0.39, 0.29) is 11.5 Å². The van der Waals surface area contributed by atoms with E-state index in [9.17, 15) is 9.59 Å². The highest BCUT2D eigenvalue weighted by atomic mass is 32.1. The maximum Gasteiger partial charge on any atom is 0.273 e. The third-order valence-electron chi connectivity index (χ3n) is 4.14. The molecular formula is C18H16N2O3S. The van der Waals surface area contributed by atoms with Crippen LogP contribution in [0.5, 0.6) is 0 Å². The Morgan fingerprint density at radius 3 is 2.42 bits per heavy atom. The third-order valence-corrected chi connectivity index (χ3v) is 5.25. The topological polar surface area (TPSA) is 51.5 Å². The van der Waals surface area contributed by atoms with Gasteiger partial charge >= 0.3 is 0 Å². The monoisotopic (exact) mass is 340 g/mol. The largest absolute Gasteiger partial charge is 0.378 e. The van der Waals surface area contributed by atoms with Crippen LogP contribution in [0.4, 0.5) is 0 Å². The first-order chi connectivity index (χ1) is 11.7. The summed E-state index contributed by atoms with van der Waals surface area (Å²) in [6.45, 7) is 2.41. The lowest BCUT2D eigenvalue weighted by atomic mass is 10.1. The molecule has 0 radical (unpaired) electrons. The van der Waals surface area contributed by atoms with Gasteiger partial charge in [-0.1, -0.05) is 23.7 Å². The number of nitrogens with zero attached hydrogens (tertiary/aromatic N) is 2. The molecule has 1 aromatic heterocycles. The first-order valence-electron chi connectivity index (χ1n) is 7.82. The van der Waals surface area contributed by atoms with E-state index in [4.69, 9.17) is 4.74 Å². The molecule has 5 nitrogen and oxygen atoms in total. The van der Waals surface area contributed by atoms with E-state index in [0.717, 1.165) is 15.8 Å². The van der Waals surface area contributed by atoms with Crippen molar-refractivity contribution in [3.63, 3.8) is 0 Å². The maximum atomic E-state index is 12.5. The number of ether oxygens (including phenoxy) is 1. The van der Waals surface area contributed by atoms with Gasteiger partial charge in [0.2, 0.25) is 0 Å². The highest BCUT2D eigenvalue weighted by Gasteiger charge is 2.18. The molecular weight excluding hydrogens is 324 g/mol. The summed E-state index contributed by atoms with van der Waals surface area (Å²) in [5, 5.41) is 0.718. The lowest BCUT2D eigenvalue weighted by Gasteiger charge is -2.26. The Balaban J connectivity index is 1.64. The first kappa shape index (κ1) is 15.1. The van der Waals surface area contributed by atoms with Crippen LogP contribution in [0.25, 0.3) is 15.8 Å². The first-order valence-corrected chi connectivity index (χ1v) is 8.60. The second-order valence-corrected chi connectivity index (χ2v) is 6.63. The second kappa shape index (κ2) is 6.22. The van der Waals surface area contributed by atoms with Crippen LogP contribution in [-0.4, -0.2) is 41.1 Å². The van der Waals surface area contributed by atoms with Gasteiger partial charge in [0.1, 0.15) is 0 Å². The summed E-state index contributed by atoms with van der Waals surface area (Å²) in [6.07, 6.45) is 0. The van der Waals surface area contributed by atoms with Crippen LogP contribution >= 0.6 is 11.5 Å². The predicted octanol–water partition coefficient (Wildman–Crippen LogP) is 2.52. The summed E-state index contributed by atoms with van der Waals surface area (Å²) in [7, 11) is 0. The van der Waals surface area contributed by atoms with Gasteiger partial charge in [0.15, 0.2) is 0 Å². The van der Waals surface area contributed by atoms with Gasteiger partial charge in [0.05, 0.1) is 29.0 Å². The molecule has 0 N–H and O–H groups in total. The zero-order valence-electron chi connectivity index (χ0n) is 13.0. The Hall–Kier alpha value is -2.44. The fraction of sp³-hybridized carbons (Fsp3) is 0.222. The zero-order valence-corrected chi connectivity index (χ0v) is 13.8. The van der Waals surface area contributed by atoms with E-state index in [1.54, 1.807) is 21.0 Å². The summed E-state index contributed by atoms with van der Waals surface area (Å²) in [5.74, 6) is 0.00791. The van der Waals surface area contributed by atoms with Crippen molar-refractivity contribution in [3.8, 4) is 5.69 Å². The smallest absolute Gasteiger partial charge is 0.273 e. The van der Waals surface area contributed by atoms with Crippen molar-refractivity contribution >= 4 is 27.5 Å². The van der Waals surface area contributed by atoms with Crippen LogP contribution in [-0.2, 0) is 4.74 Å². The lowest BCUT2D eigenvalue weighted by Crippen LogP contribution is -2.40. The Morgan fingerprint density at radius 2 is 1.71 bits per heavy atom. The number of carbonyl (C=O) groups excluding carboxylic acids is 1. The van der Waals surface area contributed by atoms with E-state index in [0.29, 0.717) is 31.9 Å². The summed E-state index contributed by atoms with van der Waals surface area (Å²) in [6, 6.07) is 14.8. The average Bonchev–Trinajstić information content (AvgIpc) is 2.99. The van der Waals surface area contributed by atoms with Crippen molar-refractivity contribution in [1.29, 1.82) is 0 Å². The minimum atomic E-state index is -0.0251. The van der Waals surface area contributed by atoms with Crippen LogP contribution < -0.4 is 5.56 Å². The van der Waals surface area contributed by atoms with Gasteiger partial charge in [0, 0.05) is 18.7 Å². The van der Waals surface area contributed by atoms with Gasteiger partial charge in [-0.05, 0) is 36.4 Å². The van der Waals surface area contributed by atoms with Gasteiger partial charge in [-0.2, -0.15) is 0 Å². The summed E-state index contributed by atoms with van der Waals surface area (Å²) < 4.78 is 7.89. The van der Waals surface area contributed by atoms with E-state index in [1.807, 2.05) is 36.4 Å². The van der Waals surface area contributed by atoms with Crippen LogP contribution in [0.3, 0.4) is 0 Å². The Bertz CT molecular complexity index is 937. The molecule has 122 valence electrons. The number of hydrogen-bond acceptors (Lipinski definition) is 4.